The first-order chi connectivity index (χ1) is 5.36. The molecule has 60 valence electrons. The highest BCUT2D eigenvalue weighted by atomic mass is 19.1. The van der Waals surface area contributed by atoms with Gasteiger partial charge in [-0.2, -0.15) is 0 Å². The van der Waals surface area contributed by atoms with Crippen LogP contribution < -0.4 is 5.73 Å². The van der Waals surface area contributed by atoms with E-state index in [9.17, 15) is 4.39 Å². The average Bonchev–Trinajstić information content (AvgIpc) is 2.52. The number of furan rings is 1. The van der Waals surface area contributed by atoms with Crippen molar-refractivity contribution in [2.75, 3.05) is 6.54 Å². The molecule has 1 rings (SSSR count). The molecule has 0 fully saturated rings. The Morgan fingerprint density at radius 3 is 3.00 bits per heavy atom. The number of hydrogen-bond donors (Lipinski definition) is 1. The summed E-state index contributed by atoms with van der Waals surface area (Å²) < 4.78 is 16.8. The molecule has 0 aromatic carbocycles. The van der Waals surface area contributed by atoms with Gasteiger partial charge in [-0.3, -0.25) is 0 Å². The Balaban J connectivity index is 2.55. The number of nitrogens with two attached hydrogens (primary N) is 1. The largest absolute Gasteiger partial charge is 0.472 e. The molecule has 0 aliphatic rings. The molecular weight excluding hydrogens is 145 g/mol. The Kier molecular flexibility index (Phi) is 2.86. The molecule has 0 radical (unpaired) electrons. The fourth-order valence-electron chi connectivity index (χ4n) is 0.811. The Morgan fingerprint density at radius 2 is 2.55 bits per heavy atom. The molecule has 0 saturated heterocycles. The minimum Gasteiger partial charge on any atom is -0.472 e. The third-order valence-corrected chi connectivity index (χ3v) is 1.43. The van der Waals surface area contributed by atoms with Gasteiger partial charge in [-0.05, 0) is 17.2 Å². The summed E-state index contributed by atoms with van der Waals surface area (Å²) in [5.74, 6) is 0. The summed E-state index contributed by atoms with van der Waals surface area (Å²) in [4.78, 5) is 0. The number of hydrogen-bond acceptors (Lipinski definition) is 2. The van der Waals surface area contributed by atoms with E-state index in [1.807, 2.05) is 0 Å². The predicted molar refractivity (Wildman–Crippen MR) is 40.7 cm³/mol. The number of halogens is 1. The summed E-state index contributed by atoms with van der Waals surface area (Å²) in [7, 11) is 0. The molecule has 0 aliphatic heterocycles. The summed E-state index contributed by atoms with van der Waals surface area (Å²) in [6.45, 7) is 0.252. The van der Waals surface area contributed by atoms with E-state index in [0.717, 1.165) is 5.56 Å². The minimum atomic E-state index is 0.252. The molecule has 2 N–H and O–H groups in total. The average molecular weight is 155 g/mol. The summed E-state index contributed by atoms with van der Waals surface area (Å²) in [5.41, 5.74) is 6.78. The lowest BCUT2D eigenvalue weighted by atomic mass is 10.1. The molecule has 2 nitrogen and oxygen atoms in total. The van der Waals surface area contributed by atoms with Crippen molar-refractivity contribution in [1.82, 2.24) is 0 Å². The minimum absolute atomic E-state index is 0.252. The van der Waals surface area contributed by atoms with E-state index in [4.69, 9.17) is 10.2 Å². The van der Waals surface area contributed by atoms with Gasteiger partial charge in [-0.1, -0.05) is 0 Å². The highest BCUT2D eigenvalue weighted by Gasteiger charge is 1.98. The molecule has 3 heteroatoms. The molecule has 0 saturated carbocycles. The van der Waals surface area contributed by atoms with Crippen LogP contribution in [0.25, 0.3) is 0 Å². The highest BCUT2D eigenvalue weighted by molar-refractivity contribution is 5.16. The van der Waals surface area contributed by atoms with Crippen molar-refractivity contribution >= 4 is 0 Å². The number of rotatable bonds is 3. The van der Waals surface area contributed by atoms with Gasteiger partial charge in [0.05, 0.1) is 18.9 Å². The van der Waals surface area contributed by atoms with Gasteiger partial charge in [0, 0.05) is 13.0 Å². The summed E-state index contributed by atoms with van der Waals surface area (Å²) in [5, 5.41) is 0. The first-order valence-corrected chi connectivity index (χ1v) is 3.36. The third-order valence-electron chi connectivity index (χ3n) is 1.43. The molecule has 1 aromatic rings. The second-order valence-corrected chi connectivity index (χ2v) is 2.28. The molecule has 1 heterocycles. The van der Waals surface area contributed by atoms with Crippen LogP contribution in [0.5, 0.6) is 0 Å². The Morgan fingerprint density at radius 1 is 1.73 bits per heavy atom. The lowest BCUT2D eigenvalue weighted by Gasteiger charge is -1.97. The Hall–Kier alpha value is -1.09. The van der Waals surface area contributed by atoms with Gasteiger partial charge in [-0.25, -0.2) is 4.39 Å². The molecule has 0 spiro atoms. The zero-order chi connectivity index (χ0) is 8.10. The van der Waals surface area contributed by atoms with Crippen LogP contribution in [0.3, 0.4) is 0 Å². The van der Waals surface area contributed by atoms with Crippen LogP contribution in [0.15, 0.2) is 34.9 Å². The lowest BCUT2D eigenvalue weighted by molar-refractivity contribution is 0.564. The van der Waals surface area contributed by atoms with Gasteiger partial charge >= 0.3 is 0 Å². The Bertz CT molecular complexity index is 228. The zero-order valence-electron chi connectivity index (χ0n) is 6.09. The first-order valence-electron chi connectivity index (χ1n) is 3.36. The fraction of sp³-hybridized carbons (Fsp3) is 0.250. The van der Waals surface area contributed by atoms with Crippen LogP contribution in [-0.2, 0) is 6.42 Å². The van der Waals surface area contributed by atoms with Gasteiger partial charge in [0.1, 0.15) is 0 Å². The third kappa shape index (κ3) is 2.20. The topological polar surface area (TPSA) is 39.2 Å². The van der Waals surface area contributed by atoms with Crippen molar-refractivity contribution in [3.05, 3.63) is 36.1 Å². The molecule has 0 amide bonds. The fourth-order valence-corrected chi connectivity index (χ4v) is 0.811. The van der Waals surface area contributed by atoms with Gasteiger partial charge < -0.3 is 10.2 Å². The van der Waals surface area contributed by atoms with Crippen molar-refractivity contribution in [2.45, 2.75) is 6.42 Å². The first kappa shape index (κ1) is 8.01. The Labute approximate surface area is 64.5 Å². The van der Waals surface area contributed by atoms with Crippen molar-refractivity contribution < 1.29 is 8.81 Å². The standard InChI is InChI=1S/C8H10FNO/c9-4-8(5-10)3-7-1-2-11-6-7/h1-2,4,6H,3,5,10H2. The second-order valence-electron chi connectivity index (χ2n) is 2.28. The quantitative estimate of drug-likeness (QED) is 0.720. The second kappa shape index (κ2) is 3.93. The van der Waals surface area contributed by atoms with Crippen molar-refractivity contribution in [3.8, 4) is 0 Å². The van der Waals surface area contributed by atoms with Crippen LogP contribution in [0.2, 0.25) is 0 Å². The van der Waals surface area contributed by atoms with Crippen molar-refractivity contribution in [1.29, 1.82) is 0 Å². The van der Waals surface area contributed by atoms with E-state index in [-0.39, 0.29) is 6.54 Å². The monoisotopic (exact) mass is 155 g/mol. The van der Waals surface area contributed by atoms with E-state index >= 15 is 0 Å². The summed E-state index contributed by atoms with van der Waals surface area (Å²) >= 11 is 0. The maximum absolute atomic E-state index is 12.0. The maximum Gasteiger partial charge on any atom is 0.0937 e. The molecule has 0 unspecified atom stereocenters. The van der Waals surface area contributed by atoms with Gasteiger partial charge in [0.15, 0.2) is 0 Å². The van der Waals surface area contributed by atoms with E-state index in [1.54, 1.807) is 18.6 Å². The van der Waals surface area contributed by atoms with Crippen LogP contribution >= 0.6 is 0 Å². The van der Waals surface area contributed by atoms with Gasteiger partial charge in [0.2, 0.25) is 0 Å². The summed E-state index contributed by atoms with van der Waals surface area (Å²) in [6.07, 6.45) is 4.22. The van der Waals surface area contributed by atoms with Crippen LogP contribution in [0.4, 0.5) is 4.39 Å². The SMILES string of the molecule is NCC(=CF)Cc1ccoc1. The van der Waals surface area contributed by atoms with E-state index in [2.05, 4.69) is 0 Å². The van der Waals surface area contributed by atoms with Gasteiger partial charge in [-0.15, -0.1) is 0 Å². The molecule has 0 atom stereocenters. The van der Waals surface area contributed by atoms with E-state index < -0.39 is 0 Å². The normalized spacial score (nSPS) is 12.0. The summed E-state index contributed by atoms with van der Waals surface area (Å²) in [6, 6.07) is 1.79. The van der Waals surface area contributed by atoms with E-state index in [1.165, 1.54) is 0 Å². The molecular formula is C8H10FNO. The molecule has 11 heavy (non-hydrogen) atoms. The zero-order valence-corrected chi connectivity index (χ0v) is 6.09. The van der Waals surface area contributed by atoms with Crippen molar-refractivity contribution in [3.63, 3.8) is 0 Å². The van der Waals surface area contributed by atoms with Crippen LogP contribution in [-0.4, -0.2) is 6.54 Å². The molecule has 0 bridgehead atoms. The smallest absolute Gasteiger partial charge is 0.0937 e. The predicted octanol–water partition coefficient (Wildman–Crippen LogP) is 1.63. The van der Waals surface area contributed by atoms with Crippen molar-refractivity contribution in [2.24, 2.45) is 5.73 Å². The molecule has 1 aromatic heterocycles. The van der Waals surface area contributed by atoms with Gasteiger partial charge in [0.25, 0.3) is 0 Å². The van der Waals surface area contributed by atoms with Crippen LogP contribution in [0.1, 0.15) is 5.56 Å². The maximum atomic E-state index is 12.0. The lowest BCUT2D eigenvalue weighted by Crippen LogP contribution is -2.04. The molecule has 0 aliphatic carbocycles. The highest BCUT2D eigenvalue weighted by Crippen LogP contribution is 2.07. The van der Waals surface area contributed by atoms with Crippen LogP contribution in [0, 0.1) is 0 Å². The van der Waals surface area contributed by atoms with E-state index in [0.29, 0.717) is 18.3 Å².